The summed E-state index contributed by atoms with van der Waals surface area (Å²) in [5, 5.41) is 0. The predicted molar refractivity (Wildman–Crippen MR) is 121 cm³/mol. The largest absolute Gasteiger partial charge is 0.466 e. The van der Waals surface area contributed by atoms with Crippen LogP contribution in [-0.4, -0.2) is 44.0 Å². The summed E-state index contributed by atoms with van der Waals surface area (Å²) >= 11 is 0. The molecule has 31 heavy (non-hydrogen) atoms. The van der Waals surface area contributed by atoms with E-state index < -0.39 is 0 Å². The first kappa shape index (κ1) is 21.2. The van der Waals surface area contributed by atoms with Crippen molar-refractivity contribution < 1.29 is 19.2 Å². The van der Waals surface area contributed by atoms with Crippen LogP contribution < -0.4 is 9.80 Å². The summed E-state index contributed by atoms with van der Waals surface area (Å²) in [4.78, 5) is 33.0. The second-order valence-electron chi connectivity index (χ2n) is 8.45. The van der Waals surface area contributed by atoms with Crippen molar-refractivity contribution in [3.63, 3.8) is 0 Å². The number of amides is 1. The minimum atomic E-state index is -0.244. The molecule has 162 valence electrons. The van der Waals surface area contributed by atoms with Gasteiger partial charge in [-0.05, 0) is 49.4 Å². The Hall–Kier alpha value is -2.99. The lowest BCUT2D eigenvalue weighted by Crippen LogP contribution is -3.14. The number of carbonyl (C=O) groups excluding carboxylic acids is 2. The zero-order chi connectivity index (χ0) is 21.8. The molecule has 0 spiro atoms. The van der Waals surface area contributed by atoms with Gasteiger partial charge in [0.2, 0.25) is 0 Å². The predicted octanol–water partition coefficient (Wildman–Crippen LogP) is 2.53. The summed E-state index contributed by atoms with van der Waals surface area (Å²) in [6.07, 6.45) is 2.65. The smallest absolute Gasteiger partial charge is 0.310 e. The van der Waals surface area contributed by atoms with Crippen molar-refractivity contribution in [3.8, 4) is 0 Å². The summed E-state index contributed by atoms with van der Waals surface area (Å²) in [6, 6.07) is 15.3. The lowest BCUT2D eigenvalue weighted by atomic mass is 10.00. The van der Waals surface area contributed by atoms with Gasteiger partial charge >= 0.3 is 5.97 Å². The molecule has 0 radical (unpaired) electrons. The van der Waals surface area contributed by atoms with Crippen LogP contribution in [0.5, 0.6) is 0 Å². The number of nitrogens with one attached hydrogen (secondary N) is 1. The van der Waals surface area contributed by atoms with Crippen LogP contribution in [-0.2, 0) is 20.7 Å². The maximum Gasteiger partial charge on any atom is 0.310 e. The number of rotatable bonds is 6. The van der Waals surface area contributed by atoms with Gasteiger partial charge in [0.1, 0.15) is 5.71 Å². The second-order valence-corrected chi connectivity index (χ2v) is 8.45. The third kappa shape index (κ3) is 4.85. The van der Waals surface area contributed by atoms with Gasteiger partial charge in [-0.25, -0.2) is 4.99 Å². The van der Waals surface area contributed by atoms with Crippen LogP contribution in [0.4, 0.5) is 11.4 Å². The van der Waals surface area contributed by atoms with Gasteiger partial charge in [-0.1, -0.05) is 37.3 Å². The number of benzene rings is 2. The fourth-order valence-electron chi connectivity index (χ4n) is 4.27. The monoisotopic (exact) mass is 420 g/mol. The molecule has 2 aromatic rings. The zero-order valence-corrected chi connectivity index (χ0v) is 18.3. The highest BCUT2D eigenvalue weighted by Crippen LogP contribution is 2.30. The lowest BCUT2D eigenvalue weighted by molar-refractivity contribution is -0.904. The number of aliphatic imine (C=N–C) groups is 1. The van der Waals surface area contributed by atoms with Crippen LogP contribution in [0.25, 0.3) is 0 Å². The fraction of sp³-hybridized carbons (Fsp3) is 0.400. The molecular formula is C25H30N3O3+. The molecule has 0 aromatic heterocycles. The van der Waals surface area contributed by atoms with Gasteiger partial charge in [-0.3, -0.25) is 14.5 Å². The van der Waals surface area contributed by atoms with E-state index in [-0.39, 0.29) is 18.3 Å². The first-order chi connectivity index (χ1) is 15.0. The Morgan fingerprint density at radius 2 is 1.84 bits per heavy atom. The number of ether oxygens (including phenoxy) is 1. The highest BCUT2D eigenvalue weighted by Gasteiger charge is 2.36. The van der Waals surface area contributed by atoms with E-state index in [0.717, 1.165) is 35.8 Å². The van der Waals surface area contributed by atoms with Crippen molar-refractivity contribution in [2.75, 3.05) is 31.3 Å². The number of esters is 1. The standard InChI is InChI=1S/C25H29N3O3/c1-3-31-23(29)16-19-8-10-20(11-9-19)26-24-21-6-4-5-7-22(21)28(25(24)30)17-27-14-12-18(2)13-15-27/h4-11,18H,3,12-17H2,1-2H3/p+1. The minimum absolute atomic E-state index is 0.0390. The van der Waals surface area contributed by atoms with Crippen LogP contribution >= 0.6 is 0 Å². The third-order valence-corrected chi connectivity index (χ3v) is 6.09. The number of likely N-dealkylation sites (tertiary alicyclic amines) is 1. The summed E-state index contributed by atoms with van der Waals surface area (Å²) < 4.78 is 5.00. The molecule has 2 heterocycles. The summed E-state index contributed by atoms with van der Waals surface area (Å²) in [5.74, 6) is 0.490. The molecule has 1 saturated heterocycles. The summed E-state index contributed by atoms with van der Waals surface area (Å²) in [5.41, 5.74) is 3.87. The Bertz CT molecular complexity index is 976. The SMILES string of the molecule is CCOC(=O)Cc1ccc(N=C2C(=O)N(C[NH+]3CCC(C)CC3)c3ccccc32)cc1. The van der Waals surface area contributed by atoms with Crippen molar-refractivity contribution in [2.45, 2.75) is 33.1 Å². The fourth-order valence-corrected chi connectivity index (χ4v) is 4.27. The van der Waals surface area contributed by atoms with E-state index in [9.17, 15) is 9.59 Å². The number of nitrogens with zero attached hydrogens (tertiary/aromatic N) is 2. The number of para-hydroxylation sites is 1. The molecule has 1 amide bonds. The molecule has 6 nitrogen and oxygen atoms in total. The molecule has 2 aliphatic heterocycles. The average Bonchev–Trinajstić information content (AvgIpc) is 3.03. The van der Waals surface area contributed by atoms with Crippen molar-refractivity contribution in [2.24, 2.45) is 10.9 Å². The quantitative estimate of drug-likeness (QED) is 0.731. The van der Waals surface area contributed by atoms with Crippen molar-refractivity contribution >= 4 is 29.0 Å². The van der Waals surface area contributed by atoms with Crippen LogP contribution in [0.3, 0.4) is 0 Å². The van der Waals surface area contributed by atoms with E-state index in [1.807, 2.05) is 53.4 Å². The van der Waals surface area contributed by atoms with E-state index >= 15 is 0 Å². The number of quaternary nitrogens is 1. The zero-order valence-electron chi connectivity index (χ0n) is 18.3. The van der Waals surface area contributed by atoms with Gasteiger partial charge in [0.05, 0.1) is 37.5 Å². The molecule has 0 unspecified atom stereocenters. The first-order valence-corrected chi connectivity index (χ1v) is 11.1. The summed E-state index contributed by atoms with van der Waals surface area (Å²) in [6.45, 7) is 7.35. The van der Waals surface area contributed by atoms with E-state index in [0.29, 0.717) is 24.7 Å². The van der Waals surface area contributed by atoms with Crippen LogP contribution in [0.1, 0.15) is 37.8 Å². The van der Waals surface area contributed by atoms with Crippen molar-refractivity contribution in [1.29, 1.82) is 0 Å². The Morgan fingerprint density at radius 1 is 1.13 bits per heavy atom. The maximum absolute atomic E-state index is 13.3. The first-order valence-electron chi connectivity index (χ1n) is 11.1. The minimum Gasteiger partial charge on any atom is -0.466 e. The highest BCUT2D eigenvalue weighted by atomic mass is 16.5. The number of fused-ring (bicyclic) bond motifs is 1. The maximum atomic E-state index is 13.3. The van der Waals surface area contributed by atoms with Gasteiger partial charge < -0.3 is 9.64 Å². The molecule has 0 aliphatic carbocycles. The molecule has 0 atom stereocenters. The van der Waals surface area contributed by atoms with Gasteiger partial charge in [-0.2, -0.15) is 0 Å². The van der Waals surface area contributed by atoms with Crippen molar-refractivity contribution in [3.05, 3.63) is 59.7 Å². The van der Waals surface area contributed by atoms with Crippen molar-refractivity contribution in [1.82, 2.24) is 0 Å². The number of hydrogen-bond acceptors (Lipinski definition) is 4. The Balaban J connectivity index is 1.53. The molecule has 0 saturated carbocycles. The second kappa shape index (κ2) is 9.43. The Labute approximate surface area is 183 Å². The molecule has 1 N–H and O–H groups in total. The molecule has 1 fully saturated rings. The van der Waals surface area contributed by atoms with Crippen LogP contribution in [0.15, 0.2) is 53.5 Å². The van der Waals surface area contributed by atoms with Gasteiger partial charge in [0, 0.05) is 5.56 Å². The van der Waals surface area contributed by atoms with Gasteiger partial charge in [0.15, 0.2) is 6.67 Å². The lowest BCUT2D eigenvalue weighted by Gasteiger charge is -2.30. The molecule has 2 aliphatic rings. The van der Waals surface area contributed by atoms with E-state index in [1.165, 1.54) is 17.7 Å². The molecule has 0 bridgehead atoms. The van der Waals surface area contributed by atoms with E-state index in [2.05, 4.69) is 6.92 Å². The number of hydrogen-bond donors (Lipinski definition) is 1. The van der Waals surface area contributed by atoms with E-state index in [1.54, 1.807) is 6.92 Å². The Kier molecular flexibility index (Phi) is 6.47. The third-order valence-electron chi connectivity index (χ3n) is 6.09. The molecule has 2 aromatic carbocycles. The Morgan fingerprint density at radius 3 is 2.55 bits per heavy atom. The number of piperidine rings is 1. The van der Waals surface area contributed by atoms with Crippen LogP contribution in [0, 0.1) is 5.92 Å². The van der Waals surface area contributed by atoms with E-state index in [4.69, 9.17) is 9.73 Å². The number of carbonyl (C=O) groups is 2. The van der Waals surface area contributed by atoms with Crippen LogP contribution in [0.2, 0.25) is 0 Å². The molecule has 4 rings (SSSR count). The topological polar surface area (TPSA) is 63.4 Å². The highest BCUT2D eigenvalue weighted by molar-refractivity contribution is 6.54. The average molecular weight is 421 g/mol. The molecular weight excluding hydrogens is 390 g/mol. The van der Waals surface area contributed by atoms with Gasteiger partial charge in [0.25, 0.3) is 5.91 Å². The summed E-state index contributed by atoms with van der Waals surface area (Å²) in [7, 11) is 0. The van der Waals surface area contributed by atoms with Gasteiger partial charge in [-0.15, -0.1) is 0 Å². The normalized spacial score (nSPS) is 21.9. The molecule has 6 heteroatoms. The number of anilines is 1.